The Morgan fingerprint density at radius 1 is 1.03 bits per heavy atom. The second-order valence-electron chi connectivity index (χ2n) is 7.98. The van der Waals surface area contributed by atoms with Gasteiger partial charge in [0, 0.05) is 6.54 Å². The van der Waals surface area contributed by atoms with E-state index in [1.165, 1.54) is 4.31 Å². The summed E-state index contributed by atoms with van der Waals surface area (Å²) in [5, 5.41) is 2.92. The van der Waals surface area contributed by atoms with Crippen LogP contribution in [0.3, 0.4) is 0 Å². The van der Waals surface area contributed by atoms with Gasteiger partial charge in [-0.05, 0) is 42.7 Å². The summed E-state index contributed by atoms with van der Waals surface area (Å²) in [5.74, 6) is 0.139. The van der Waals surface area contributed by atoms with Crippen LogP contribution in [0.1, 0.15) is 24.0 Å². The van der Waals surface area contributed by atoms with E-state index >= 15 is 0 Å². The van der Waals surface area contributed by atoms with E-state index < -0.39 is 16.1 Å². The van der Waals surface area contributed by atoms with E-state index in [0.29, 0.717) is 18.0 Å². The molecule has 32 heavy (non-hydrogen) atoms. The molecule has 0 unspecified atom stereocenters. The van der Waals surface area contributed by atoms with Crippen molar-refractivity contribution in [3.63, 3.8) is 0 Å². The number of ether oxygens (including phenoxy) is 1. The van der Waals surface area contributed by atoms with E-state index in [9.17, 15) is 13.2 Å². The lowest BCUT2D eigenvalue weighted by Gasteiger charge is -2.34. The lowest BCUT2D eigenvalue weighted by Crippen LogP contribution is -2.51. The molecule has 0 fully saturated rings. The van der Waals surface area contributed by atoms with Gasteiger partial charge in [0.2, 0.25) is 0 Å². The molecule has 6 nitrogen and oxygen atoms in total. The van der Waals surface area contributed by atoms with Crippen molar-refractivity contribution in [3.05, 3.63) is 90.0 Å². The Morgan fingerprint density at radius 3 is 2.41 bits per heavy atom. The highest BCUT2D eigenvalue weighted by atomic mass is 32.2. The SMILES string of the molecule is Cc1ccc(S(=O)(=O)N2C[C@@H](C(=O)NC[C@H](C)c3ccccc3)Oc3ccccc32)cc1. The summed E-state index contributed by atoms with van der Waals surface area (Å²) >= 11 is 0. The largest absolute Gasteiger partial charge is 0.476 e. The Hall–Kier alpha value is -3.32. The molecule has 1 aliphatic heterocycles. The molecule has 2 atom stereocenters. The van der Waals surface area contributed by atoms with Crippen molar-refractivity contribution in [2.45, 2.75) is 30.8 Å². The number of anilines is 1. The molecule has 0 saturated carbocycles. The number of sulfonamides is 1. The third-order valence-electron chi connectivity index (χ3n) is 5.59. The Bertz CT molecular complexity index is 1190. The summed E-state index contributed by atoms with van der Waals surface area (Å²) in [6, 6.07) is 23.5. The fraction of sp³-hybridized carbons (Fsp3) is 0.240. The number of rotatable bonds is 6. The molecule has 1 aliphatic rings. The first kappa shape index (κ1) is 21.9. The van der Waals surface area contributed by atoms with Crippen LogP contribution < -0.4 is 14.4 Å². The van der Waals surface area contributed by atoms with Gasteiger partial charge in [0.1, 0.15) is 5.75 Å². The molecule has 1 heterocycles. The number of hydrogen-bond donors (Lipinski definition) is 1. The highest BCUT2D eigenvalue weighted by Crippen LogP contribution is 2.36. The van der Waals surface area contributed by atoms with Crippen molar-refractivity contribution in [1.82, 2.24) is 5.32 Å². The molecule has 1 amide bonds. The van der Waals surface area contributed by atoms with Gasteiger partial charge in [0.25, 0.3) is 15.9 Å². The van der Waals surface area contributed by atoms with E-state index in [1.807, 2.05) is 44.2 Å². The molecule has 0 saturated heterocycles. The number of benzene rings is 3. The van der Waals surface area contributed by atoms with Gasteiger partial charge in [-0.1, -0.05) is 67.1 Å². The molecule has 166 valence electrons. The summed E-state index contributed by atoms with van der Waals surface area (Å²) < 4.78 is 34.0. The highest BCUT2D eigenvalue weighted by molar-refractivity contribution is 7.92. The van der Waals surface area contributed by atoms with Crippen LogP contribution >= 0.6 is 0 Å². The second kappa shape index (κ2) is 9.04. The molecule has 0 aliphatic carbocycles. The number of nitrogens with one attached hydrogen (secondary N) is 1. The Balaban J connectivity index is 1.55. The zero-order chi connectivity index (χ0) is 22.7. The van der Waals surface area contributed by atoms with Crippen molar-refractivity contribution in [2.75, 3.05) is 17.4 Å². The zero-order valence-electron chi connectivity index (χ0n) is 18.1. The summed E-state index contributed by atoms with van der Waals surface area (Å²) in [6.45, 7) is 4.26. The zero-order valence-corrected chi connectivity index (χ0v) is 18.9. The maximum absolute atomic E-state index is 13.4. The first-order valence-corrected chi connectivity index (χ1v) is 12.0. The van der Waals surface area contributed by atoms with Gasteiger partial charge in [-0.15, -0.1) is 0 Å². The summed E-state index contributed by atoms with van der Waals surface area (Å²) in [6.07, 6.45) is -0.951. The molecular weight excluding hydrogens is 424 g/mol. The third kappa shape index (κ3) is 4.48. The fourth-order valence-electron chi connectivity index (χ4n) is 3.67. The summed E-state index contributed by atoms with van der Waals surface area (Å²) in [7, 11) is -3.86. The minimum absolute atomic E-state index is 0.0984. The lowest BCUT2D eigenvalue weighted by molar-refractivity contribution is -0.127. The number of aryl methyl sites for hydroxylation is 1. The highest BCUT2D eigenvalue weighted by Gasteiger charge is 2.37. The maximum Gasteiger partial charge on any atom is 0.264 e. The Kier molecular flexibility index (Phi) is 6.19. The van der Waals surface area contributed by atoms with Gasteiger partial charge in [-0.25, -0.2) is 8.42 Å². The predicted octanol–water partition coefficient (Wildman–Crippen LogP) is 3.87. The first-order chi connectivity index (χ1) is 15.4. The minimum Gasteiger partial charge on any atom is -0.476 e. The molecule has 7 heteroatoms. The van der Waals surface area contributed by atoms with Crippen molar-refractivity contribution in [3.8, 4) is 5.75 Å². The molecule has 0 bridgehead atoms. The average molecular weight is 451 g/mol. The molecule has 3 aromatic rings. The second-order valence-corrected chi connectivity index (χ2v) is 9.84. The van der Waals surface area contributed by atoms with Gasteiger partial charge in [-0.2, -0.15) is 0 Å². The minimum atomic E-state index is -3.86. The lowest BCUT2D eigenvalue weighted by atomic mass is 10.0. The van der Waals surface area contributed by atoms with E-state index in [1.54, 1.807) is 48.5 Å². The monoisotopic (exact) mass is 450 g/mol. The van der Waals surface area contributed by atoms with Crippen molar-refractivity contribution >= 4 is 21.6 Å². The molecule has 0 spiro atoms. The molecule has 1 N–H and O–H groups in total. The summed E-state index contributed by atoms with van der Waals surface area (Å²) in [5.41, 5.74) is 2.51. The molecular formula is C25H26N2O4S. The van der Waals surface area contributed by atoms with Crippen LogP contribution in [0, 0.1) is 6.92 Å². The smallest absolute Gasteiger partial charge is 0.264 e. The van der Waals surface area contributed by atoms with Gasteiger partial charge < -0.3 is 10.1 Å². The van der Waals surface area contributed by atoms with Crippen molar-refractivity contribution < 1.29 is 17.9 Å². The Labute approximate surface area is 188 Å². The molecule has 0 radical (unpaired) electrons. The number of carbonyl (C=O) groups is 1. The normalized spacial score (nSPS) is 16.6. The molecule has 4 rings (SSSR count). The number of fused-ring (bicyclic) bond motifs is 1. The average Bonchev–Trinajstić information content (AvgIpc) is 2.82. The number of hydrogen-bond acceptors (Lipinski definition) is 4. The first-order valence-electron chi connectivity index (χ1n) is 10.5. The van der Waals surface area contributed by atoms with Gasteiger partial charge >= 0.3 is 0 Å². The van der Waals surface area contributed by atoms with E-state index in [-0.39, 0.29) is 23.3 Å². The topological polar surface area (TPSA) is 75.7 Å². The number of amides is 1. The van der Waals surface area contributed by atoms with E-state index in [4.69, 9.17) is 4.74 Å². The third-order valence-corrected chi connectivity index (χ3v) is 7.38. The van der Waals surface area contributed by atoms with Gasteiger partial charge in [0.15, 0.2) is 6.10 Å². The van der Waals surface area contributed by atoms with Crippen LogP contribution in [0.25, 0.3) is 0 Å². The fourth-order valence-corrected chi connectivity index (χ4v) is 5.15. The van der Waals surface area contributed by atoms with Crippen LogP contribution in [0.2, 0.25) is 0 Å². The predicted molar refractivity (Wildman–Crippen MR) is 124 cm³/mol. The van der Waals surface area contributed by atoms with E-state index in [2.05, 4.69) is 5.32 Å². The van der Waals surface area contributed by atoms with Gasteiger partial charge in [-0.3, -0.25) is 9.10 Å². The van der Waals surface area contributed by atoms with Crippen LogP contribution in [0.4, 0.5) is 5.69 Å². The Morgan fingerprint density at radius 2 is 1.69 bits per heavy atom. The molecule has 0 aromatic heterocycles. The molecule has 3 aromatic carbocycles. The number of carbonyl (C=O) groups excluding carboxylic acids is 1. The standard InChI is InChI=1S/C25H26N2O4S/c1-18-12-14-21(15-13-18)32(29,30)27-17-24(31-23-11-7-6-10-22(23)27)25(28)26-16-19(2)20-8-4-3-5-9-20/h3-15,19,24H,16-17H2,1-2H3,(H,26,28)/t19-,24-/m0/s1. The van der Waals surface area contributed by atoms with Crippen LogP contribution in [0.15, 0.2) is 83.8 Å². The van der Waals surface area contributed by atoms with Gasteiger partial charge in [0.05, 0.1) is 17.1 Å². The van der Waals surface area contributed by atoms with Crippen molar-refractivity contribution in [2.24, 2.45) is 0 Å². The summed E-state index contributed by atoms with van der Waals surface area (Å²) in [4.78, 5) is 13.1. The number of para-hydroxylation sites is 2. The van der Waals surface area contributed by atoms with Crippen LogP contribution in [-0.4, -0.2) is 33.5 Å². The van der Waals surface area contributed by atoms with E-state index in [0.717, 1.165) is 11.1 Å². The number of nitrogens with zero attached hydrogens (tertiary/aromatic N) is 1. The maximum atomic E-state index is 13.4. The van der Waals surface area contributed by atoms with Crippen LogP contribution in [0.5, 0.6) is 5.75 Å². The quantitative estimate of drug-likeness (QED) is 0.619. The van der Waals surface area contributed by atoms with Crippen LogP contribution in [-0.2, 0) is 14.8 Å². The van der Waals surface area contributed by atoms with Crippen molar-refractivity contribution in [1.29, 1.82) is 0 Å².